The summed E-state index contributed by atoms with van der Waals surface area (Å²) in [5.74, 6) is -0.717. The smallest absolute Gasteiger partial charge is 0.317 e. The second-order valence-electron chi connectivity index (χ2n) is 5.81. The van der Waals surface area contributed by atoms with Crippen LogP contribution in [0.3, 0.4) is 0 Å². The number of amides is 1. The Hall–Kier alpha value is -1.10. The first-order chi connectivity index (χ1) is 9.15. The van der Waals surface area contributed by atoms with E-state index >= 15 is 0 Å². The van der Waals surface area contributed by atoms with Gasteiger partial charge in [-0.25, -0.2) is 0 Å². The lowest BCUT2D eigenvalue weighted by molar-refractivity contribution is -0.140. The Labute approximate surface area is 114 Å². The molecule has 2 N–H and O–H groups in total. The molecule has 5 heteroatoms. The van der Waals surface area contributed by atoms with Crippen molar-refractivity contribution in [3.63, 3.8) is 0 Å². The number of carbonyl (C=O) groups excluding carboxylic acids is 1. The molecular formula is C14H24N2O3. The van der Waals surface area contributed by atoms with E-state index in [4.69, 9.17) is 5.11 Å². The van der Waals surface area contributed by atoms with E-state index in [0.717, 1.165) is 32.2 Å². The van der Waals surface area contributed by atoms with Gasteiger partial charge in [-0.15, -0.1) is 0 Å². The maximum absolute atomic E-state index is 12.2. The molecule has 0 aromatic rings. The molecule has 1 atom stereocenters. The number of nitrogens with zero attached hydrogens (tertiary/aromatic N) is 1. The average Bonchev–Trinajstić information content (AvgIpc) is 2.39. The first-order valence-corrected chi connectivity index (χ1v) is 7.39. The van der Waals surface area contributed by atoms with Gasteiger partial charge in [-0.1, -0.05) is 19.3 Å². The van der Waals surface area contributed by atoms with Crippen LogP contribution in [0.2, 0.25) is 0 Å². The first kappa shape index (κ1) is 14.3. The number of hydrogen-bond acceptors (Lipinski definition) is 3. The van der Waals surface area contributed by atoms with Gasteiger partial charge in [0.1, 0.15) is 0 Å². The van der Waals surface area contributed by atoms with Crippen LogP contribution in [0.5, 0.6) is 0 Å². The Morgan fingerprint density at radius 1 is 1.11 bits per heavy atom. The Morgan fingerprint density at radius 3 is 2.53 bits per heavy atom. The standard InChI is InChI=1S/C14H24N2O3/c17-13(18)10-16-8-4-5-11(9-16)14(19)15-12-6-2-1-3-7-12/h11-12H,1-10H2,(H,15,19)(H,17,18). The number of piperidine rings is 1. The van der Waals surface area contributed by atoms with E-state index in [1.807, 2.05) is 4.90 Å². The molecule has 1 amide bonds. The summed E-state index contributed by atoms with van der Waals surface area (Å²) in [6.45, 7) is 1.43. The Bertz CT molecular complexity index is 327. The van der Waals surface area contributed by atoms with Gasteiger partial charge in [0.2, 0.25) is 5.91 Å². The van der Waals surface area contributed by atoms with Gasteiger partial charge in [-0.2, -0.15) is 0 Å². The minimum absolute atomic E-state index is 0.0324. The van der Waals surface area contributed by atoms with Crippen LogP contribution in [0.4, 0.5) is 0 Å². The second-order valence-corrected chi connectivity index (χ2v) is 5.81. The maximum atomic E-state index is 12.2. The highest BCUT2D eigenvalue weighted by Crippen LogP contribution is 2.20. The number of carbonyl (C=O) groups is 2. The zero-order valence-corrected chi connectivity index (χ0v) is 11.4. The number of nitrogens with one attached hydrogen (secondary N) is 1. The monoisotopic (exact) mass is 268 g/mol. The lowest BCUT2D eigenvalue weighted by Gasteiger charge is -2.32. The van der Waals surface area contributed by atoms with E-state index in [2.05, 4.69) is 5.32 Å². The van der Waals surface area contributed by atoms with Crippen LogP contribution in [0, 0.1) is 5.92 Å². The molecule has 2 aliphatic rings. The van der Waals surface area contributed by atoms with E-state index < -0.39 is 5.97 Å². The van der Waals surface area contributed by atoms with Gasteiger partial charge >= 0.3 is 5.97 Å². The summed E-state index contributed by atoms with van der Waals surface area (Å²) >= 11 is 0. The fourth-order valence-electron chi connectivity index (χ4n) is 3.17. The van der Waals surface area contributed by atoms with Crippen LogP contribution in [-0.2, 0) is 9.59 Å². The van der Waals surface area contributed by atoms with Crippen molar-refractivity contribution >= 4 is 11.9 Å². The van der Waals surface area contributed by atoms with Crippen LogP contribution >= 0.6 is 0 Å². The fourth-order valence-corrected chi connectivity index (χ4v) is 3.17. The fraction of sp³-hybridized carbons (Fsp3) is 0.857. The van der Waals surface area contributed by atoms with Crippen LogP contribution in [0.15, 0.2) is 0 Å². The summed E-state index contributed by atoms with van der Waals surface area (Å²) in [5.41, 5.74) is 0. The Balaban J connectivity index is 1.79. The molecular weight excluding hydrogens is 244 g/mol. The zero-order valence-electron chi connectivity index (χ0n) is 11.4. The molecule has 0 aromatic heterocycles. The number of likely N-dealkylation sites (tertiary alicyclic amines) is 1. The number of carboxylic acid groups (broad SMARTS) is 1. The van der Waals surface area contributed by atoms with Crippen molar-refractivity contribution < 1.29 is 14.7 Å². The lowest BCUT2D eigenvalue weighted by atomic mass is 9.93. The molecule has 1 unspecified atom stereocenters. The summed E-state index contributed by atoms with van der Waals surface area (Å²) < 4.78 is 0. The number of aliphatic carboxylic acids is 1. The number of hydrogen-bond donors (Lipinski definition) is 2. The Morgan fingerprint density at radius 2 is 1.84 bits per heavy atom. The number of rotatable bonds is 4. The van der Waals surface area contributed by atoms with Gasteiger partial charge in [-0.05, 0) is 32.2 Å². The molecule has 0 radical (unpaired) electrons. The molecule has 1 saturated carbocycles. The molecule has 0 spiro atoms. The third-order valence-corrected chi connectivity index (χ3v) is 4.19. The molecule has 1 saturated heterocycles. The predicted molar refractivity (Wildman–Crippen MR) is 71.8 cm³/mol. The van der Waals surface area contributed by atoms with E-state index in [9.17, 15) is 9.59 Å². The van der Waals surface area contributed by atoms with E-state index in [1.165, 1.54) is 19.3 Å². The van der Waals surface area contributed by atoms with Gasteiger partial charge in [0, 0.05) is 12.6 Å². The zero-order chi connectivity index (χ0) is 13.7. The van der Waals surface area contributed by atoms with Gasteiger partial charge in [0.15, 0.2) is 0 Å². The second kappa shape index (κ2) is 6.89. The average molecular weight is 268 g/mol. The molecule has 2 fully saturated rings. The quantitative estimate of drug-likeness (QED) is 0.804. The van der Waals surface area contributed by atoms with Crippen molar-refractivity contribution in [2.75, 3.05) is 19.6 Å². The van der Waals surface area contributed by atoms with Crippen molar-refractivity contribution in [3.05, 3.63) is 0 Å². The summed E-state index contributed by atoms with van der Waals surface area (Å²) in [5, 5.41) is 12.0. The molecule has 108 valence electrons. The first-order valence-electron chi connectivity index (χ1n) is 7.39. The highest BCUT2D eigenvalue weighted by molar-refractivity contribution is 5.79. The van der Waals surface area contributed by atoms with Gasteiger partial charge < -0.3 is 10.4 Å². The highest BCUT2D eigenvalue weighted by atomic mass is 16.4. The largest absolute Gasteiger partial charge is 0.480 e. The number of carboxylic acids is 1. The summed E-state index contributed by atoms with van der Waals surface area (Å²) in [4.78, 5) is 24.8. The molecule has 1 aliphatic heterocycles. The maximum Gasteiger partial charge on any atom is 0.317 e. The van der Waals surface area contributed by atoms with Crippen LogP contribution < -0.4 is 5.32 Å². The molecule has 1 aliphatic carbocycles. The highest BCUT2D eigenvalue weighted by Gasteiger charge is 2.28. The van der Waals surface area contributed by atoms with Crippen LogP contribution in [0.25, 0.3) is 0 Å². The summed E-state index contributed by atoms with van der Waals surface area (Å²) in [6.07, 6.45) is 7.68. The van der Waals surface area contributed by atoms with Gasteiger partial charge in [0.05, 0.1) is 12.5 Å². The third-order valence-electron chi connectivity index (χ3n) is 4.19. The predicted octanol–water partition coefficient (Wildman–Crippen LogP) is 1.23. The minimum atomic E-state index is -0.812. The Kier molecular flexibility index (Phi) is 5.19. The van der Waals surface area contributed by atoms with Crippen molar-refractivity contribution in [3.8, 4) is 0 Å². The van der Waals surface area contributed by atoms with Crippen molar-refractivity contribution in [1.29, 1.82) is 0 Å². The molecule has 0 bridgehead atoms. The lowest BCUT2D eigenvalue weighted by Crippen LogP contribution is -2.47. The molecule has 0 aromatic carbocycles. The summed E-state index contributed by atoms with van der Waals surface area (Å²) in [6, 6.07) is 0.344. The van der Waals surface area contributed by atoms with Crippen molar-refractivity contribution in [2.45, 2.75) is 51.0 Å². The summed E-state index contributed by atoms with van der Waals surface area (Å²) in [7, 11) is 0. The van der Waals surface area contributed by atoms with Crippen molar-refractivity contribution in [2.24, 2.45) is 5.92 Å². The van der Waals surface area contributed by atoms with Crippen LogP contribution in [-0.4, -0.2) is 47.6 Å². The molecule has 19 heavy (non-hydrogen) atoms. The van der Waals surface area contributed by atoms with Crippen LogP contribution in [0.1, 0.15) is 44.9 Å². The van der Waals surface area contributed by atoms with Gasteiger partial charge in [0.25, 0.3) is 0 Å². The third kappa shape index (κ3) is 4.49. The molecule has 5 nitrogen and oxygen atoms in total. The van der Waals surface area contributed by atoms with Crippen molar-refractivity contribution in [1.82, 2.24) is 10.2 Å². The molecule has 2 rings (SSSR count). The van der Waals surface area contributed by atoms with E-state index in [0.29, 0.717) is 12.6 Å². The van der Waals surface area contributed by atoms with E-state index in [-0.39, 0.29) is 18.4 Å². The minimum Gasteiger partial charge on any atom is -0.480 e. The topological polar surface area (TPSA) is 69.6 Å². The normalized spacial score (nSPS) is 26.0. The van der Waals surface area contributed by atoms with Gasteiger partial charge in [-0.3, -0.25) is 14.5 Å². The molecule has 1 heterocycles. The SMILES string of the molecule is O=C(O)CN1CCCC(C(=O)NC2CCCCC2)C1. The van der Waals surface area contributed by atoms with E-state index in [1.54, 1.807) is 0 Å².